The summed E-state index contributed by atoms with van der Waals surface area (Å²) in [5.74, 6) is -0.634. The zero-order valence-corrected chi connectivity index (χ0v) is 21.7. The molecule has 2 aliphatic heterocycles. The summed E-state index contributed by atoms with van der Waals surface area (Å²) >= 11 is 1.41. The molecule has 38 heavy (non-hydrogen) atoms. The SMILES string of the molecule is N#Cc1ccc(-c2cc(C(=O)N3CCC[C@@H](N)C3)sc2-c2ccc3nn(C4CCOCC4)cc3c2)cc1F. The molecule has 7 nitrogen and oxygen atoms in total. The van der Waals surface area contributed by atoms with E-state index in [2.05, 4.69) is 12.3 Å². The van der Waals surface area contributed by atoms with Gasteiger partial charge >= 0.3 is 0 Å². The fourth-order valence-electron chi connectivity index (χ4n) is 5.37. The number of piperidine rings is 1. The number of thiophene rings is 1. The van der Waals surface area contributed by atoms with E-state index in [0.29, 0.717) is 29.6 Å². The van der Waals surface area contributed by atoms with Crippen molar-refractivity contribution in [1.29, 1.82) is 5.26 Å². The number of hydrogen-bond donors (Lipinski definition) is 1. The maximum Gasteiger partial charge on any atom is 0.264 e. The van der Waals surface area contributed by atoms with Gasteiger partial charge in [0.05, 0.1) is 22.0 Å². The van der Waals surface area contributed by atoms with Crippen LogP contribution in [0.4, 0.5) is 4.39 Å². The Morgan fingerprint density at radius 2 is 1.95 bits per heavy atom. The summed E-state index contributed by atoms with van der Waals surface area (Å²) in [6, 6.07) is 14.7. The average molecular weight is 530 g/mol. The predicted octanol–water partition coefficient (Wildman–Crippen LogP) is 5.36. The standard InChI is InChI=1S/C29H28FN5O2S/c30-25-13-18(3-4-20(25)15-31)24-14-27(29(36)34-9-1-2-22(32)17-34)38-28(24)19-5-6-26-21(12-19)16-35(33-26)23-7-10-37-11-8-23/h3-6,12-14,16,22-23H,1-2,7-11,17,32H2/t22-/m1/s1. The normalized spacial score (nSPS) is 18.6. The Morgan fingerprint density at radius 3 is 2.71 bits per heavy atom. The number of amides is 1. The molecule has 2 aromatic carbocycles. The van der Waals surface area contributed by atoms with E-state index < -0.39 is 5.82 Å². The van der Waals surface area contributed by atoms with Crippen molar-refractivity contribution in [2.45, 2.75) is 37.8 Å². The van der Waals surface area contributed by atoms with Crippen LogP contribution in [0.15, 0.2) is 48.7 Å². The van der Waals surface area contributed by atoms with E-state index in [0.717, 1.165) is 65.8 Å². The number of hydrogen-bond acceptors (Lipinski definition) is 6. The Balaban J connectivity index is 1.42. The Bertz CT molecular complexity index is 1550. The maximum atomic E-state index is 14.6. The summed E-state index contributed by atoms with van der Waals surface area (Å²) in [6.07, 6.45) is 5.74. The van der Waals surface area contributed by atoms with Gasteiger partial charge in [0.25, 0.3) is 5.91 Å². The minimum Gasteiger partial charge on any atom is -0.381 e. The number of nitrogens with two attached hydrogens (primary N) is 1. The summed E-state index contributed by atoms with van der Waals surface area (Å²) in [4.78, 5) is 16.7. The van der Waals surface area contributed by atoms with Gasteiger partial charge in [0.1, 0.15) is 11.9 Å². The van der Waals surface area contributed by atoms with Gasteiger partial charge in [-0.05, 0) is 67.1 Å². The second kappa shape index (κ2) is 10.3. The van der Waals surface area contributed by atoms with Crippen LogP contribution >= 0.6 is 11.3 Å². The fraction of sp³-hybridized carbons (Fsp3) is 0.345. The predicted molar refractivity (Wildman–Crippen MR) is 145 cm³/mol. The van der Waals surface area contributed by atoms with Crippen molar-refractivity contribution in [3.63, 3.8) is 0 Å². The molecule has 2 aromatic heterocycles. The molecule has 0 spiro atoms. The van der Waals surface area contributed by atoms with Crippen LogP contribution < -0.4 is 5.73 Å². The zero-order valence-electron chi connectivity index (χ0n) is 20.9. The number of aromatic nitrogens is 2. The molecule has 2 fully saturated rings. The Labute approximate surface area is 224 Å². The monoisotopic (exact) mass is 529 g/mol. The summed E-state index contributed by atoms with van der Waals surface area (Å²) in [5.41, 5.74) is 9.36. The number of ether oxygens (including phenoxy) is 1. The number of rotatable bonds is 4. The number of benzene rings is 2. The molecule has 194 valence electrons. The highest BCUT2D eigenvalue weighted by Crippen LogP contribution is 2.41. The van der Waals surface area contributed by atoms with Crippen molar-refractivity contribution >= 4 is 28.1 Å². The third-order valence-corrected chi connectivity index (χ3v) is 8.61. The van der Waals surface area contributed by atoms with Crippen LogP contribution in [0.3, 0.4) is 0 Å². The molecule has 4 heterocycles. The Morgan fingerprint density at radius 1 is 1.13 bits per heavy atom. The lowest BCUT2D eigenvalue weighted by atomic mass is 10.00. The van der Waals surface area contributed by atoms with Crippen LogP contribution in [0.25, 0.3) is 32.5 Å². The van der Waals surface area contributed by atoms with Crippen molar-refractivity contribution in [2.75, 3.05) is 26.3 Å². The van der Waals surface area contributed by atoms with Gasteiger partial charge in [-0.25, -0.2) is 4.39 Å². The highest BCUT2D eigenvalue weighted by atomic mass is 32.1. The van der Waals surface area contributed by atoms with E-state index in [9.17, 15) is 14.4 Å². The highest BCUT2D eigenvalue weighted by Gasteiger charge is 2.26. The van der Waals surface area contributed by atoms with Gasteiger partial charge in [0, 0.05) is 54.4 Å². The van der Waals surface area contributed by atoms with Gasteiger partial charge in [0.15, 0.2) is 0 Å². The smallest absolute Gasteiger partial charge is 0.264 e. The molecule has 2 N–H and O–H groups in total. The molecular weight excluding hydrogens is 501 g/mol. The van der Waals surface area contributed by atoms with Crippen molar-refractivity contribution in [3.8, 4) is 27.6 Å². The molecule has 1 atom stereocenters. The maximum absolute atomic E-state index is 14.6. The van der Waals surface area contributed by atoms with Gasteiger partial charge in [-0.2, -0.15) is 10.4 Å². The molecule has 2 aliphatic rings. The Hall–Kier alpha value is -3.58. The number of nitrogens with zero attached hydrogens (tertiary/aromatic N) is 4. The van der Waals surface area contributed by atoms with Gasteiger partial charge in [-0.3, -0.25) is 9.48 Å². The van der Waals surface area contributed by atoms with E-state index in [-0.39, 0.29) is 17.5 Å². The van der Waals surface area contributed by atoms with Crippen molar-refractivity contribution in [1.82, 2.24) is 14.7 Å². The van der Waals surface area contributed by atoms with E-state index in [4.69, 9.17) is 15.6 Å². The molecule has 9 heteroatoms. The van der Waals surface area contributed by atoms with Crippen LogP contribution in [0, 0.1) is 17.1 Å². The van der Waals surface area contributed by atoms with E-state index >= 15 is 0 Å². The van der Waals surface area contributed by atoms with Crippen molar-refractivity contribution in [3.05, 3.63) is 64.9 Å². The lowest BCUT2D eigenvalue weighted by molar-refractivity contribution is 0.0664. The summed E-state index contributed by atoms with van der Waals surface area (Å²) in [6.45, 7) is 2.69. The fourth-order valence-corrected chi connectivity index (χ4v) is 6.52. The van der Waals surface area contributed by atoms with Gasteiger partial charge in [0.2, 0.25) is 0 Å². The van der Waals surface area contributed by atoms with E-state index in [1.165, 1.54) is 23.5 Å². The first-order valence-corrected chi connectivity index (χ1v) is 13.8. The first kappa shape index (κ1) is 24.7. The summed E-state index contributed by atoms with van der Waals surface area (Å²) < 4.78 is 22.2. The van der Waals surface area contributed by atoms with Crippen LogP contribution in [-0.2, 0) is 4.74 Å². The van der Waals surface area contributed by atoms with Gasteiger partial charge in [-0.15, -0.1) is 11.3 Å². The second-order valence-electron chi connectivity index (χ2n) is 10.0. The number of nitriles is 1. The first-order chi connectivity index (χ1) is 18.5. The molecule has 4 aromatic rings. The van der Waals surface area contributed by atoms with Crippen molar-refractivity contribution in [2.24, 2.45) is 5.73 Å². The number of halogens is 1. The number of likely N-dealkylation sites (tertiary alicyclic amines) is 1. The quantitative estimate of drug-likeness (QED) is 0.384. The van der Waals surface area contributed by atoms with E-state index in [1.807, 2.05) is 33.9 Å². The van der Waals surface area contributed by atoms with Crippen LogP contribution in [0.5, 0.6) is 0 Å². The van der Waals surface area contributed by atoms with Gasteiger partial charge in [-0.1, -0.05) is 12.1 Å². The average Bonchev–Trinajstić information content (AvgIpc) is 3.58. The van der Waals surface area contributed by atoms with Crippen LogP contribution in [0.2, 0.25) is 0 Å². The molecular formula is C29H28FN5O2S. The van der Waals surface area contributed by atoms with Gasteiger partial charge < -0.3 is 15.4 Å². The molecule has 0 aliphatic carbocycles. The molecule has 0 radical (unpaired) electrons. The minimum atomic E-state index is -0.578. The third kappa shape index (κ3) is 4.71. The van der Waals surface area contributed by atoms with Crippen LogP contribution in [-0.4, -0.2) is 52.9 Å². The second-order valence-corrected chi connectivity index (χ2v) is 11.1. The lowest BCUT2D eigenvalue weighted by Gasteiger charge is -2.30. The number of carbonyl (C=O) groups excluding carboxylic acids is 1. The molecule has 0 saturated carbocycles. The number of carbonyl (C=O) groups is 1. The third-order valence-electron chi connectivity index (χ3n) is 7.44. The highest BCUT2D eigenvalue weighted by molar-refractivity contribution is 7.18. The van der Waals surface area contributed by atoms with E-state index in [1.54, 1.807) is 6.07 Å². The minimum absolute atomic E-state index is 0.00826. The lowest BCUT2D eigenvalue weighted by Crippen LogP contribution is -2.45. The Kier molecular flexibility index (Phi) is 6.70. The molecule has 0 bridgehead atoms. The molecule has 0 unspecified atom stereocenters. The van der Waals surface area contributed by atoms with Crippen molar-refractivity contribution < 1.29 is 13.9 Å². The number of fused-ring (bicyclic) bond motifs is 1. The first-order valence-electron chi connectivity index (χ1n) is 13.0. The molecule has 1 amide bonds. The van der Waals surface area contributed by atoms with Crippen LogP contribution in [0.1, 0.15) is 47.0 Å². The zero-order chi connectivity index (χ0) is 26.2. The molecule has 6 rings (SSSR count). The largest absolute Gasteiger partial charge is 0.381 e. The summed E-state index contributed by atoms with van der Waals surface area (Å²) in [5, 5.41) is 15.0. The topological polar surface area (TPSA) is 97.2 Å². The molecule has 2 saturated heterocycles. The summed E-state index contributed by atoms with van der Waals surface area (Å²) in [7, 11) is 0.